The van der Waals surface area contributed by atoms with E-state index in [1.165, 1.54) is 0 Å². The summed E-state index contributed by atoms with van der Waals surface area (Å²) >= 11 is 3.41. The van der Waals surface area contributed by atoms with E-state index in [0.717, 1.165) is 48.7 Å². The number of nitrogens with zero attached hydrogens (tertiary/aromatic N) is 2. The van der Waals surface area contributed by atoms with Gasteiger partial charge in [-0.05, 0) is 51.0 Å². The second kappa shape index (κ2) is 13.2. The van der Waals surface area contributed by atoms with Crippen molar-refractivity contribution in [1.29, 1.82) is 0 Å². The van der Waals surface area contributed by atoms with E-state index in [9.17, 15) is 4.79 Å². The fourth-order valence-electron chi connectivity index (χ4n) is 2.86. The van der Waals surface area contributed by atoms with Crippen LogP contribution in [0.25, 0.3) is 0 Å². The van der Waals surface area contributed by atoms with Gasteiger partial charge >= 0.3 is 5.97 Å². The summed E-state index contributed by atoms with van der Waals surface area (Å²) < 4.78 is 11.9. The molecule has 1 aromatic rings. The number of ether oxygens (including phenoxy) is 2. The van der Waals surface area contributed by atoms with Crippen molar-refractivity contribution in [2.24, 2.45) is 10.9 Å². The molecule has 0 aliphatic carbocycles. The van der Waals surface area contributed by atoms with Gasteiger partial charge in [0, 0.05) is 24.1 Å². The summed E-state index contributed by atoms with van der Waals surface area (Å²) in [5, 5.41) is 3.33. The molecule has 1 heterocycles. The highest BCUT2D eigenvalue weighted by molar-refractivity contribution is 14.0. The van der Waals surface area contributed by atoms with Crippen LogP contribution < -0.4 is 10.1 Å². The Balaban J connectivity index is 0.00000364. The predicted molar refractivity (Wildman–Crippen MR) is 122 cm³/mol. The molecule has 1 aliphatic heterocycles. The van der Waals surface area contributed by atoms with Crippen LogP contribution in [0.3, 0.4) is 0 Å². The standard InChI is InChI=1S/C19H28BrN3O3.HI/c1-3-21-19(22-11-14-26-17-7-5-16(20)6-8-17)23-12-9-15(10-13-23)18(24)25-4-2;/h5-8,15H,3-4,9-14H2,1-2H3,(H,21,22);1H. The minimum Gasteiger partial charge on any atom is -0.492 e. The van der Waals surface area contributed by atoms with Crippen molar-refractivity contribution >= 4 is 51.8 Å². The van der Waals surface area contributed by atoms with Gasteiger partial charge in [0.25, 0.3) is 0 Å². The van der Waals surface area contributed by atoms with Gasteiger partial charge in [-0.2, -0.15) is 0 Å². The van der Waals surface area contributed by atoms with Crippen molar-refractivity contribution in [3.05, 3.63) is 28.7 Å². The number of carbonyl (C=O) groups is 1. The first kappa shape index (κ1) is 24.0. The first-order valence-electron chi connectivity index (χ1n) is 9.22. The highest BCUT2D eigenvalue weighted by Gasteiger charge is 2.27. The zero-order chi connectivity index (χ0) is 18.8. The Labute approximate surface area is 187 Å². The number of guanidine groups is 1. The van der Waals surface area contributed by atoms with Gasteiger partial charge in [-0.1, -0.05) is 15.9 Å². The Morgan fingerprint density at radius 3 is 2.52 bits per heavy atom. The molecule has 1 fully saturated rings. The Morgan fingerprint density at radius 2 is 1.93 bits per heavy atom. The number of likely N-dealkylation sites (tertiary alicyclic amines) is 1. The van der Waals surface area contributed by atoms with Crippen molar-refractivity contribution < 1.29 is 14.3 Å². The fraction of sp³-hybridized carbons (Fsp3) is 0.579. The maximum absolute atomic E-state index is 11.9. The normalized spacial score (nSPS) is 15.1. The van der Waals surface area contributed by atoms with Gasteiger partial charge in [0.05, 0.1) is 19.1 Å². The quantitative estimate of drug-likeness (QED) is 0.183. The van der Waals surface area contributed by atoms with Gasteiger partial charge in [0.1, 0.15) is 12.4 Å². The van der Waals surface area contributed by atoms with Crippen LogP contribution in [-0.2, 0) is 9.53 Å². The summed E-state index contributed by atoms with van der Waals surface area (Å²) in [7, 11) is 0. The Hall–Kier alpha value is -1.03. The fourth-order valence-corrected chi connectivity index (χ4v) is 3.12. The molecule has 1 aliphatic rings. The topological polar surface area (TPSA) is 63.2 Å². The molecule has 1 N–H and O–H groups in total. The molecule has 0 atom stereocenters. The number of aliphatic imine (C=N–C) groups is 1. The number of piperidine rings is 1. The molecule has 8 heteroatoms. The van der Waals surface area contributed by atoms with Gasteiger partial charge < -0.3 is 19.7 Å². The van der Waals surface area contributed by atoms with Crippen LogP contribution in [0.2, 0.25) is 0 Å². The van der Waals surface area contributed by atoms with Crippen molar-refractivity contribution in [3.8, 4) is 5.75 Å². The summed E-state index contributed by atoms with van der Waals surface area (Å²) in [6.07, 6.45) is 1.61. The number of nitrogens with one attached hydrogen (secondary N) is 1. The Morgan fingerprint density at radius 1 is 1.26 bits per heavy atom. The smallest absolute Gasteiger partial charge is 0.309 e. The van der Waals surface area contributed by atoms with Crippen molar-refractivity contribution in [2.45, 2.75) is 26.7 Å². The number of rotatable bonds is 7. The Kier molecular flexibility index (Phi) is 11.7. The van der Waals surface area contributed by atoms with Crippen LogP contribution in [0.15, 0.2) is 33.7 Å². The number of carbonyl (C=O) groups excluding carboxylic acids is 1. The Bertz CT molecular complexity index is 590. The molecule has 152 valence electrons. The van der Waals surface area contributed by atoms with E-state index in [2.05, 4.69) is 38.1 Å². The zero-order valence-corrected chi connectivity index (χ0v) is 19.9. The first-order valence-corrected chi connectivity index (χ1v) is 10.0. The SMILES string of the molecule is CCNC(=NCCOc1ccc(Br)cc1)N1CCC(C(=O)OCC)CC1.I. The molecule has 6 nitrogen and oxygen atoms in total. The van der Waals surface area contributed by atoms with Crippen LogP contribution in [-0.4, -0.2) is 56.2 Å². The number of hydrogen-bond acceptors (Lipinski definition) is 4. The number of benzene rings is 1. The second-order valence-corrected chi connectivity index (χ2v) is 6.97. The molecule has 0 unspecified atom stereocenters. The van der Waals surface area contributed by atoms with E-state index in [0.29, 0.717) is 19.8 Å². The number of halogens is 2. The van der Waals surface area contributed by atoms with Crippen LogP contribution in [0.5, 0.6) is 5.75 Å². The maximum Gasteiger partial charge on any atom is 0.309 e. The molecule has 0 bridgehead atoms. The van der Waals surface area contributed by atoms with Crippen LogP contribution in [0.4, 0.5) is 0 Å². The lowest BCUT2D eigenvalue weighted by atomic mass is 9.97. The average molecular weight is 554 g/mol. The second-order valence-electron chi connectivity index (χ2n) is 6.05. The number of esters is 1. The van der Waals surface area contributed by atoms with Gasteiger partial charge in [0.15, 0.2) is 5.96 Å². The third kappa shape index (κ3) is 8.25. The van der Waals surface area contributed by atoms with Crippen molar-refractivity contribution in [1.82, 2.24) is 10.2 Å². The molecule has 0 aromatic heterocycles. The summed E-state index contributed by atoms with van der Waals surface area (Å²) in [6.45, 7) is 7.88. The van der Waals surface area contributed by atoms with Crippen LogP contribution in [0.1, 0.15) is 26.7 Å². The molecule has 1 saturated heterocycles. The summed E-state index contributed by atoms with van der Waals surface area (Å²) in [6, 6.07) is 7.77. The summed E-state index contributed by atoms with van der Waals surface area (Å²) in [4.78, 5) is 18.7. The monoisotopic (exact) mass is 553 g/mol. The molecule has 1 aromatic carbocycles. The molecule has 2 rings (SSSR count). The summed E-state index contributed by atoms with van der Waals surface area (Å²) in [5.74, 6) is 1.66. The lowest BCUT2D eigenvalue weighted by Gasteiger charge is -2.33. The number of hydrogen-bond donors (Lipinski definition) is 1. The zero-order valence-electron chi connectivity index (χ0n) is 15.9. The lowest BCUT2D eigenvalue weighted by molar-refractivity contribution is -0.149. The minimum atomic E-state index is -0.0722. The third-order valence-electron chi connectivity index (χ3n) is 4.18. The predicted octanol–water partition coefficient (Wildman–Crippen LogP) is 3.69. The average Bonchev–Trinajstić information content (AvgIpc) is 2.66. The first-order chi connectivity index (χ1) is 12.6. The van der Waals surface area contributed by atoms with Crippen LogP contribution >= 0.6 is 39.9 Å². The van der Waals surface area contributed by atoms with Gasteiger partial charge in [-0.15, -0.1) is 24.0 Å². The minimum absolute atomic E-state index is 0. The molecule has 0 radical (unpaired) electrons. The lowest BCUT2D eigenvalue weighted by Crippen LogP contribution is -2.46. The van der Waals surface area contributed by atoms with E-state index in [1.54, 1.807) is 0 Å². The molecular weight excluding hydrogens is 525 g/mol. The third-order valence-corrected chi connectivity index (χ3v) is 4.71. The highest BCUT2D eigenvalue weighted by Crippen LogP contribution is 2.19. The summed E-state index contributed by atoms with van der Waals surface area (Å²) in [5.41, 5.74) is 0. The van der Waals surface area contributed by atoms with Crippen molar-refractivity contribution in [2.75, 3.05) is 39.4 Å². The van der Waals surface area contributed by atoms with E-state index in [-0.39, 0.29) is 35.9 Å². The van der Waals surface area contributed by atoms with E-state index in [4.69, 9.17) is 9.47 Å². The largest absolute Gasteiger partial charge is 0.492 e. The molecule has 0 amide bonds. The van der Waals surface area contributed by atoms with Crippen molar-refractivity contribution in [3.63, 3.8) is 0 Å². The van der Waals surface area contributed by atoms with E-state index in [1.807, 2.05) is 31.2 Å². The molecule has 27 heavy (non-hydrogen) atoms. The van der Waals surface area contributed by atoms with Gasteiger partial charge in [-0.3, -0.25) is 4.79 Å². The maximum atomic E-state index is 11.9. The molecule has 0 spiro atoms. The van der Waals surface area contributed by atoms with Crippen LogP contribution in [0, 0.1) is 5.92 Å². The highest BCUT2D eigenvalue weighted by atomic mass is 127. The molecule has 0 saturated carbocycles. The van der Waals surface area contributed by atoms with E-state index < -0.39 is 0 Å². The van der Waals surface area contributed by atoms with Gasteiger partial charge in [0.2, 0.25) is 0 Å². The van der Waals surface area contributed by atoms with Gasteiger partial charge in [-0.25, -0.2) is 4.99 Å². The molecular formula is C19H29BrIN3O3. The van der Waals surface area contributed by atoms with E-state index >= 15 is 0 Å².